The van der Waals surface area contributed by atoms with Crippen LogP contribution in [-0.2, 0) is 20.9 Å². The third kappa shape index (κ3) is 6.80. The highest BCUT2D eigenvalue weighted by molar-refractivity contribution is 5.83. The molecule has 3 aliphatic carbocycles. The Hall–Kier alpha value is -2.53. The molecule has 0 aromatic heterocycles. The number of benzene rings is 2. The third-order valence-corrected chi connectivity index (χ3v) is 11.4. The van der Waals surface area contributed by atoms with Crippen LogP contribution in [0.5, 0.6) is 0 Å². The number of nitrogens with one attached hydrogen (secondary N) is 2. The number of ether oxygens (including phenoxy) is 1. The SMILES string of the molecule is CC1C(NC(=O)[C@@H]2[C@H]([C@H](C)O)C(CO)ON2Cc2cccc(-c3ccc(NCCN4CCOCC4)cc3)c2)CC2C[C@@H]1C2(C)C. The maximum absolute atomic E-state index is 14.0. The van der Waals surface area contributed by atoms with Crippen molar-refractivity contribution in [2.75, 3.05) is 51.3 Å². The standard InChI is InChI=1S/C36H52N4O5/c1-23-30-19-28(36(30,3)4)20-31(23)38-35(43)34-33(24(2)42)32(22-41)45-40(34)21-25-6-5-7-27(18-25)26-8-10-29(11-9-26)37-12-13-39-14-16-44-17-15-39/h5-11,18,23-24,28,30-34,37,41-42H,12-17,19-22H2,1-4H3,(H,38,43)/t23?,24-,28?,30-,31?,32?,33+,34-/m0/s1. The van der Waals surface area contributed by atoms with E-state index in [1.165, 1.54) is 6.42 Å². The second-order valence-corrected chi connectivity index (χ2v) is 14.4. The van der Waals surface area contributed by atoms with Gasteiger partial charge in [-0.15, -0.1) is 0 Å². The number of carbonyl (C=O) groups excluding carboxylic acids is 1. The molecule has 4 N–H and O–H groups in total. The number of morpholine rings is 1. The van der Waals surface area contributed by atoms with Crippen molar-refractivity contribution in [3.8, 4) is 11.1 Å². The van der Waals surface area contributed by atoms with Gasteiger partial charge in [-0.05, 0) is 77.8 Å². The van der Waals surface area contributed by atoms with Crippen molar-refractivity contribution in [2.45, 2.75) is 71.4 Å². The Labute approximate surface area is 268 Å². The highest BCUT2D eigenvalue weighted by Crippen LogP contribution is 2.61. The molecule has 0 spiro atoms. The van der Waals surface area contributed by atoms with E-state index in [0.717, 1.165) is 68.2 Å². The number of amides is 1. The van der Waals surface area contributed by atoms with E-state index in [1.807, 2.05) is 12.1 Å². The summed E-state index contributed by atoms with van der Waals surface area (Å²) < 4.78 is 5.44. The number of hydrogen-bond acceptors (Lipinski definition) is 8. The minimum atomic E-state index is -0.814. The quantitative estimate of drug-likeness (QED) is 0.301. The van der Waals surface area contributed by atoms with Gasteiger partial charge in [-0.2, -0.15) is 5.06 Å². The lowest BCUT2D eigenvalue weighted by Crippen LogP contribution is -2.62. The van der Waals surface area contributed by atoms with Gasteiger partial charge in [0.15, 0.2) is 0 Å². The van der Waals surface area contributed by atoms with Crippen molar-refractivity contribution in [1.29, 1.82) is 0 Å². The van der Waals surface area contributed by atoms with Crippen molar-refractivity contribution in [3.05, 3.63) is 54.1 Å². The summed E-state index contributed by atoms with van der Waals surface area (Å²) in [5, 5.41) is 29.5. The molecule has 1 amide bonds. The predicted molar refractivity (Wildman–Crippen MR) is 175 cm³/mol. The molecule has 2 heterocycles. The maximum Gasteiger partial charge on any atom is 0.240 e. The first-order valence-electron chi connectivity index (χ1n) is 16.9. The number of nitrogens with zero attached hydrogens (tertiary/aromatic N) is 2. The second-order valence-electron chi connectivity index (χ2n) is 14.4. The summed E-state index contributed by atoms with van der Waals surface area (Å²) in [5.74, 6) is 0.969. The third-order valence-electron chi connectivity index (χ3n) is 11.4. The minimum absolute atomic E-state index is 0.110. The van der Waals surface area contributed by atoms with Crippen LogP contribution in [0, 0.1) is 29.1 Å². The molecule has 2 saturated heterocycles. The molecule has 246 valence electrons. The first kappa shape index (κ1) is 32.4. The van der Waals surface area contributed by atoms with Crippen LogP contribution in [0.4, 0.5) is 5.69 Å². The number of fused-ring (bicyclic) bond motifs is 2. The second kappa shape index (κ2) is 13.7. The maximum atomic E-state index is 14.0. The Morgan fingerprint density at radius 3 is 2.51 bits per heavy atom. The van der Waals surface area contributed by atoms with E-state index in [4.69, 9.17) is 9.57 Å². The zero-order valence-electron chi connectivity index (χ0n) is 27.3. The van der Waals surface area contributed by atoms with Crippen LogP contribution in [0.2, 0.25) is 0 Å². The van der Waals surface area contributed by atoms with Gasteiger partial charge < -0.3 is 25.6 Å². The van der Waals surface area contributed by atoms with Crippen LogP contribution in [0.1, 0.15) is 46.1 Å². The van der Waals surface area contributed by atoms with Gasteiger partial charge in [-0.1, -0.05) is 51.1 Å². The summed E-state index contributed by atoms with van der Waals surface area (Å²) in [7, 11) is 0. The summed E-state index contributed by atoms with van der Waals surface area (Å²) in [6.45, 7) is 14.3. The molecule has 4 unspecified atom stereocenters. The monoisotopic (exact) mass is 620 g/mol. The molecule has 2 bridgehead atoms. The van der Waals surface area contributed by atoms with Crippen LogP contribution in [0.3, 0.4) is 0 Å². The molecule has 7 rings (SSSR count). The first-order valence-corrected chi connectivity index (χ1v) is 16.9. The van der Waals surface area contributed by atoms with E-state index in [9.17, 15) is 15.0 Å². The van der Waals surface area contributed by atoms with Gasteiger partial charge in [0.25, 0.3) is 0 Å². The van der Waals surface area contributed by atoms with Gasteiger partial charge in [0, 0.05) is 43.8 Å². The Kier molecular flexibility index (Phi) is 9.85. The molecule has 45 heavy (non-hydrogen) atoms. The lowest BCUT2D eigenvalue weighted by Gasteiger charge is -2.62. The highest BCUT2D eigenvalue weighted by Gasteiger charge is 2.57. The molecule has 9 heteroatoms. The van der Waals surface area contributed by atoms with E-state index < -0.39 is 24.2 Å². The number of hydroxylamine groups is 2. The Morgan fingerprint density at radius 2 is 1.84 bits per heavy atom. The predicted octanol–water partition coefficient (Wildman–Crippen LogP) is 3.76. The normalized spacial score (nSPS) is 32.1. The van der Waals surface area contributed by atoms with E-state index in [2.05, 4.69) is 72.7 Å². The summed E-state index contributed by atoms with van der Waals surface area (Å²) >= 11 is 0. The van der Waals surface area contributed by atoms with Crippen LogP contribution in [0.25, 0.3) is 11.1 Å². The number of aliphatic hydroxyl groups is 2. The van der Waals surface area contributed by atoms with Gasteiger partial charge in [0.1, 0.15) is 12.1 Å². The lowest BCUT2D eigenvalue weighted by atomic mass is 9.45. The van der Waals surface area contributed by atoms with E-state index in [0.29, 0.717) is 29.7 Å². The molecule has 5 aliphatic rings. The molecule has 2 aliphatic heterocycles. The van der Waals surface area contributed by atoms with Gasteiger partial charge in [-0.3, -0.25) is 14.5 Å². The molecule has 2 aromatic rings. The Morgan fingerprint density at radius 1 is 1.09 bits per heavy atom. The molecule has 5 fully saturated rings. The molecular formula is C36H52N4O5. The van der Waals surface area contributed by atoms with E-state index >= 15 is 0 Å². The zero-order valence-corrected chi connectivity index (χ0v) is 27.3. The topological polar surface area (TPSA) is 107 Å². The van der Waals surface area contributed by atoms with E-state index in [-0.39, 0.29) is 18.6 Å². The van der Waals surface area contributed by atoms with Crippen molar-refractivity contribution >= 4 is 11.6 Å². The average Bonchev–Trinajstić information content (AvgIpc) is 3.41. The number of rotatable bonds is 11. The van der Waals surface area contributed by atoms with Crippen LogP contribution in [-0.4, -0.2) is 96.4 Å². The fourth-order valence-corrected chi connectivity index (χ4v) is 8.48. The highest BCUT2D eigenvalue weighted by atomic mass is 16.7. The number of carbonyl (C=O) groups is 1. The summed E-state index contributed by atoms with van der Waals surface area (Å²) in [6, 6.07) is 16.2. The zero-order chi connectivity index (χ0) is 31.7. The fourth-order valence-electron chi connectivity index (χ4n) is 8.48. The number of hydrogen-bond donors (Lipinski definition) is 4. The molecule has 8 atom stereocenters. The molecule has 9 nitrogen and oxygen atoms in total. The van der Waals surface area contributed by atoms with Crippen LogP contribution >= 0.6 is 0 Å². The molecule has 3 saturated carbocycles. The van der Waals surface area contributed by atoms with Crippen molar-refractivity contribution in [3.63, 3.8) is 0 Å². The lowest BCUT2D eigenvalue weighted by molar-refractivity contribution is -0.183. The largest absolute Gasteiger partial charge is 0.394 e. The minimum Gasteiger partial charge on any atom is -0.394 e. The first-order chi connectivity index (χ1) is 21.7. The van der Waals surface area contributed by atoms with Crippen molar-refractivity contribution in [1.82, 2.24) is 15.3 Å². The van der Waals surface area contributed by atoms with Gasteiger partial charge in [-0.25, -0.2) is 0 Å². The molecular weight excluding hydrogens is 568 g/mol. The van der Waals surface area contributed by atoms with Gasteiger partial charge in [0.05, 0.1) is 32.5 Å². The van der Waals surface area contributed by atoms with Crippen molar-refractivity contribution < 1.29 is 24.6 Å². The van der Waals surface area contributed by atoms with E-state index in [1.54, 1.807) is 12.0 Å². The molecule has 0 radical (unpaired) electrons. The summed E-state index contributed by atoms with van der Waals surface area (Å²) in [5.41, 5.74) is 4.61. The average molecular weight is 621 g/mol. The van der Waals surface area contributed by atoms with Gasteiger partial charge >= 0.3 is 0 Å². The molecule has 2 aromatic carbocycles. The number of anilines is 1. The van der Waals surface area contributed by atoms with Crippen LogP contribution < -0.4 is 10.6 Å². The Balaban J connectivity index is 1.12. The van der Waals surface area contributed by atoms with Crippen LogP contribution in [0.15, 0.2) is 48.5 Å². The smallest absolute Gasteiger partial charge is 0.240 e. The Bertz CT molecular complexity index is 1300. The number of aliphatic hydroxyl groups excluding tert-OH is 2. The summed E-state index contributed by atoms with van der Waals surface area (Å²) in [4.78, 5) is 22.6. The van der Waals surface area contributed by atoms with Crippen molar-refractivity contribution in [2.24, 2.45) is 29.1 Å². The summed E-state index contributed by atoms with van der Waals surface area (Å²) in [6.07, 6.45) is 0.763. The fraction of sp³-hybridized carbons (Fsp3) is 0.639. The van der Waals surface area contributed by atoms with Gasteiger partial charge in [0.2, 0.25) is 5.91 Å².